The van der Waals surface area contributed by atoms with E-state index in [1.807, 2.05) is 0 Å². The highest BCUT2D eigenvalue weighted by molar-refractivity contribution is 7.94. The molecule has 3 aromatic rings. The number of thiophene rings is 1. The van der Waals surface area contributed by atoms with Crippen LogP contribution in [-0.4, -0.2) is 20.2 Å². The van der Waals surface area contributed by atoms with Gasteiger partial charge in [0.2, 0.25) is 0 Å². The molecule has 26 heavy (non-hydrogen) atoms. The zero-order chi connectivity index (χ0) is 18.3. The molecule has 0 unspecified atom stereocenters. The van der Waals surface area contributed by atoms with E-state index in [1.54, 1.807) is 35.7 Å². The van der Waals surface area contributed by atoms with Gasteiger partial charge in [-0.15, -0.1) is 11.3 Å². The standard InChI is InChI=1S/C18H12N2O4S2/c21-17-14-4-1-2-5-15(14)18(22)20(17)13-9-7-12(8-10-13)19-26(23,24)16-6-3-11-25-16/h1-11,19H. The van der Waals surface area contributed by atoms with Crippen molar-refractivity contribution in [2.45, 2.75) is 4.21 Å². The lowest BCUT2D eigenvalue weighted by Gasteiger charge is -2.14. The van der Waals surface area contributed by atoms with Gasteiger partial charge in [0.15, 0.2) is 0 Å². The molecule has 0 atom stereocenters. The van der Waals surface area contributed by atoms with Gasteiger partial charge in [0.1, 0.15) is 4.21 Å². The van der Waals surface area contributed by atoms with E-state index in [9.17, 15) is 18.0 Å². The lowest BCUT2D eigenvalue weighted by Crippen LogP contribution is -2.29. The highest BCUT2D eigenvalue weighted by Crippen LogP contribution is 2.29. The number of hydrogen-bond donors (Lipinski definition) is 1. The van der Waals surface area contributed by atoms with Crippen molar-refractivity contribution < 1.29 is 18.0 Å². The number of imide groups is 1. The van der Waals surface area contributed by atoms with Gasteiger partial charge in [-0.3, -0.25) is 14.3 Å². The molecule has 2 heterocycles. The van der Waals surface area contributed by atoms with Crippen molar-refractivity contribution in [3.8, 4) is 0 Å². The summed E-state index contributed by atoms with van der Waals surface area (Å²) in [6.07, 6.45) is 0. The van der Waals surface area contributed by atoms with Crippen LogP contribution in [0.1, 0.15) is 20.7 Å². The van der Waals surface area contributed by atoms with E-state index in [2.05, 4.69) is 4.72 Å². The molecule has 0 aliphatic carbocycles. The number of sulfonamides is 1. The van der Waals surface area contributed by atoms with Crippen molar-refractivity contribution in [3.05, 3.63) is 77.2 Å². The number of nitrogens with zero attached hydrogens (tertiary/aromatic N) is 1. The zero-order valence-corrected chi connectivity index (χ0v) is 14.9. The van der Waals surface area contributed by atoms with Crippen LogP contribution in [0.25, 0.3) is 0 Å². The van der Waals surface area contributed by atoms with Crippen molar-refractivity contribution in [2.75, 3.05) is 9.62 Å². The number of anilines is 2. The number of rotatable bonds is 4. The second-order valence-electron chi connectivity index (χ2n) is 5.58. The first-order valence-electron chi connectivity index (χ1n) is 7.61. The van der Waals surface area contributed by atoms with E-state index in [0.29, 0.717) is 22.5 Å². The van der Waals surface area contributed by atoms with Crippen LogP contribution in [-0.2, 0) is 10.0 Å². The van der Waals surface area contributed by atoms with E-state index in [0.717, 1.165) is 16.2 Å². The third-order valence-electron chi connectivity index (χ3n) is 3.93. The molecule has 130 valence electrons. The average Bonchev–Trinajstić information content (AvgIpc) is 3.25. The summed E-state index contributed by atoms with van der Waals surface area (Å²) in [4.78, 5) is 26.0. The molecule has 0 fully saturated rings. The number of hydrogen-bond acceptors (Lipinski definition) is 5. The fourth-order valence-corrected chi connectivity index (χ4v) is 4.78. The molecule has 4 rings (SSSR count). The topological polar surface area (TPSA) is 83.6 Å². The molecule has 2 amide bonds. The Morgan fingerprint density at radius 2 is 1.42 bits per heavy atom. The molecular formula is C18H12N2O4S2. The molecule has 1 aliphatic rings. The number of carbonyl (C=O) groups is 2. The molecule has 1 N–H and O–H groups in total. The third-order valence-corrected chi connectivity index (χ3v) is 6.71. The van der Waals surface area contributed by atoms with E-state index in [1.165, 1.54) is 30.3 Å². The van der Waals surface area contributed by atoms with Crippen molar-refractivity contribution in [3.63, 3.8) is 0 Å². The van der Waals surface area contributed by atoms with Crippen LogP contribution in [0.5, 0.6) is 0 Å². The number of fused-ring (bicyclic) bond motifs is 1. The maximum atomic E-state index is 12.5. The minimum Gasteiger partial charge on any atom is -0.279 e. The Bertz CT molecular complexity index is 1070. The molecule has 0 bridgehead atoms. The fraction of sp³-hybridized carbons (Fsp3) is 0. The zero-order valence-electron chi connectivity index (χ0n) is 13.2. The number of benzene rings is 2. The van der Waals surface area contributed by atoms with E-state index < -0.39 is 21.8 Å². The molecule has 0 radical (unpaired) electrons. The van der Waals surface area contributed by atoms with Crippen molar-refractivity contribution >= 4 is 44.5 Å². The first kappa shape index (κ1) is 16.5. The Kier molecular flexibility index (Phi) is 3.86. The van der Waals surface area contributed by atoms with Gasteiger partial charge in [-0.05, 0) is 47.8 Å². The van der Waals surface area contributed by atoms with Gasteiger partial charge in [-0.2, -0.15) is 0 Å². The van der Waals surface area contributed by atoms with Crippen LogP contribution in [0.2, 0.25) is 0 Å². The van der Waals surface area contributed by atoms with Crippen LogP contribution in [0, 0.1) is 0 Å². The van der Waals surface area contributed by atoms with E-state index in [4.69, 9.17) is 0 Å². The minimum atomic E-state index is -3.65. The van der Waals surface area contributed by atoms with Gasteiger partial charge in [0.25, 0.3) is 21.8 Å². The highest BCUT2D eigenvalue weighted by Gasteiger charge is 2.36. The summed E-state index contributed by atoms with van der Waals surface area (Å²) in [7, 11) is -3.65. The van der Waals surface area contributed by atoms with Gasteiger partial charge < -0.3 is 0 Å². The monoisotopic (exact) mass is 384 g/mol. The first-order chi connectivity index (χ1) is 12.5. The summed E-state index contributed by atoms with van der Waals surface area (Å²) in [5.74, 6) is -0.782. The molecule has 0 saturated carbocycles. The van der Waals surface area contributed by atoms with Crippen LogP contribution in [0.4, 0.5) is 11.4 Å². The Morgan fingerprint density at radius 3 is 1.96 bits per heavy atom. The van der Waals surface area contributed by atoms with E-state index >= 15 is 0 Å². The number of nitrogens with one attached hydrogen (secondary N) is 1. The molecule has 0 saturated heterocycles. The Morgan fingerprint density at radius 1 is 0.808 bits per heavy atom. The number of carbonyl (C=O) groups excluding carboxylic acids is 2. The van der Waals surface area contributed by atoms with Gasteiger partial charge in [-0.25, -0.2) is 13.3 Å². The molecule has 6 nitrogen and oxygen atoms in total. The van der Waals surface area contributed by atoms with Gasteiger partial charge in [0.05, 0.1) is 16.8 Å². The fourth-order valence-electron chi connectivity index (χ4n) is 2.72. The van der Waals surface area contributed by atoms with Crippen molar-refractivity contribution in [1.82, 2.24) is 0 Å². The number of amides is 2. The summed E-state index contributed by atoms with van der Waals surface area (Å²) >= 11 is 1.12. The lowest BCUT2D eigenvalue weighted by molar-refractivity contribution is 0.0926. The van der Waals surface area contributed by atoms with Gasteiger partial charge >= 0.3 is 0 Å². The molecule has 1 aromatic heterocycles. The predicted octanol–water partition coefficient (Wildman–Crippen LogP) is 3.35. The Labute approximate surface area is 153 Å². The third kappa shape index (κ3) is 2.69. The van der Waals surface area contributed by atoms with Crippen molar-refractivity contribution in [1.29, 1.82) is 0 Å². The largest absolute Gasteiger partial charge is 0.279 e. The summed E-state index contributed by atoms with van der Waals surface area (Å²) < 4.78 is 27.2. The van der Waals surface area contributed by atoms with Crippen LogP contribution in [0.15, 0.2) is 70.3 Å². The summed E-state index contributed by atoms with van der Waals surface area (Å²) in [5.41, 5.74) is 1.45. The maximum Gasteiger partial charge on any atom is 0.271 e. The maximum absolute atomic E-state index is 12.5. The van der Waals surface area contributed by atoms with Crippen molar-refractivity contribution in [2.24, 2.45) is 0 Å². The van der Waals surface area contributed by atoms with Crippen LogP contribution >= 0.6 is 11.3 Å². The predicted molar refractivity (Wildman–Crippen MR) is 99.2 cm³/mol. The Hall–Kier alpha value is -2.97. The van der Waals surface area contributed by atoms with Gasteiger partial charge in [0, 0.05) is 5.69 Å². The first-order valence-corrected chi connectivity index (χ1v) is 9.98. The van der Waals surface area contributed by atoms with Crippen LogP contribution in [0.3, 0.4) is 0 Å². The molecule has 2 aromatic carbocycles. The SMILES string of the molecule is O=C1c2ccccc2C(=O)N1c1ccc(NS(=O)(=O)c2cccs2)cc1. The second kappa shape index (κ2) is 6.08. The average molecular weight is 384 g/mol. The van der Waals surface area contributed by atoms with Gasteiger partial charge in [-0.1, -0.05) is 18.2 Å². The summed E-state index contributed by atoms with van der Waals surface area (Å²) in [6.45, 7) is 0. The molecular weight excluding hydrogens is 372 g/mol. The second-order valence-corrected chi connectivity index (χ2v) is 8.43. The normalized spacial score (nSPS) is 13.8. The quantitative estimate of drug-likeness (QED) is 0.699. The molecule has 0 spiro atoms. The minimum absolute atomic E-state index is 0.210. The lowest BCUT2D eigenvalue weighted by atomic mass is 10.1. The summed E-state index contributed by atoms with van der Waals surface area (Å²) in [5, 5.41) is 1.68. The van der Waals surface area contributed by atoms with E-state index in [-0.39, 0.29) is 4.21 Å². The molecule has 8 heteroatoms. The smallest absolute Gasteiger partial charge is 0.271 e. The highest BCUT2D eigenvalue weighted by atomic mass is 32.2. The summed E-state index contributed by atoms with van der Waals surface area (Å²) in [6, 6.07) is 15.9. The molecule has 1 aliphatic heterocycles. The van der Waals surface area contributed by atoms with Crippen LogP contribution < -0.4 is 9.62 Å². The Balaban J connectivity index is 1.60.